The van der Waals surface area contributed by atoms with Gasteiger partial charge in [0.15, 0.2) is 0 Å². The highest BCUT2D eigenvalue weighted by Gasteiger charge is 2.31. The Bertz CT molecular complexity index is 646. The van der Waals surface area contributed by atoms with Crippen LogP contribution in [0.15, 0.2) is 24.3 Å². The number of rotatable bonds is 3. The fraction of sp³-hybridized carbons (Fsp3) is 0.333. The topological polar surface area (TPSA) is 12.0 Å². The number of anilines is 1. The Kier molecular flexibility index (Phi) is 4.27. The van der Waals surface area contributed by atoms with Gasteiger partial charge >= 0.3 is 6.18 Å². The first-order chi connectivity index (χ1) is 9.68. The van der Waals surface area contributed by atoms with Crippen LogP contribution in [0.2, 0.25) is 0 Å². The number of nitrogens with one attached hydrogen (secondary N) is 1. The minimum Gasteiger partial charge on any atom is -0.376 e. The lowest BCUT2D eigenvalue weighted by Gasteiger charge is -2.17. The van der Waals surface area contributed by atoms with Crippen molar-refractivity contribution in [2.24, 2.45) is 0 Å². The van der Waals surface area contributed by atoms with Crippen LogP contribution in [0.3, 0.4) is 0 Å². The molecule has 0 fully saturated rings. The molecule has 1 aromatic heterocycles. The summed E-state index contributed by atoms with van der Waals surface area (Å²) in [6.07, 6.45) is -4.54. The molecule has 1 N–H and O–H groups in total. The molecule has 2 rings (SSSR count). The van der Waals surface area contributed by atoms with E-state index in [0.29, 0.717) is 6.07 Å². The molecule has 0 amide bonds. The Labute approximate surface area is 124 Å². The van der Waals surface area contributed by atoms with E-state index in [4.69, 9.17) is 0 Å². The van der Waals surface area contributed by atoms with Gasteiger partial charge in [0, 0.05) is 15.8 Å². The zero-order valence-corrected chi connectivity index (χ0v) is 12.6. The molecule has 1 unspecified atom stereocenters. The molecular formula is C15H15F4NS. The van der Waals surface area contributed by atoms with Crippen molar-refractivity contribution in [1.29, 1.82) is 0 Å². The van der Waals surface area contributed by atoms with E-state index in [1.807, 2.05) is 26.8 Å². The molecular weight excluding hydrogens is 302 g/mol. The maximum atomic E-state index is 13.8. The molecule has 1 aromatic carbocycles. The normalized spacial score (nSPS) is 13.3. The van der Waals surface area contributed by atoms with E-state index in [-0.39, 0.29) is 11.7 Å². The molecule has 2 aromatic rings. The van der Waals surface area contributed by atoms with Crippen molar-refractivity contribution in [3.8, 4) is 0 Å². The van der Waals surface area contributed by atoms with Gasteiger partial charge in [0.25, 0.3) is 0 Å². The standard InChI is InChI=1S/C15H15F4NS/c1-8-6-12(10(3)21-8)9(2)20-14-5-4-11(7-13(14)16)15(17,18)19/h4-7,9,20H,1-3H3. The van der Waals surface area contributed by atoms with E-state index in [9.17, 15) is 17.6 Å². The first-order valence-electron chi connectivity index (χ1n) is 6.38. The molecule has 21 heavy (non-hydrogen) atoms. The Morgan fingerprint density at radius 3 is 2.29 bits per heavy atom. The van der Waals surface area contributed by atoms with Crippen LogP contribution >= 0.6 is 11.3 Å². The number of halogens is 4. The van der Waals surface area contributed by atoms with Gasteiger partial charge in [-0.05, 0) is 50.6 Å². The van der Waals surface area contributed by atoms with Crippen molar-refractivity contribution in [3.63, 3.8) is 0 Å². The number of alkyl halides is 3. The summed E-state index contributed by atoms with van der Waals surface area (Å²) in [5.74, 6) is -0.902. The highest BCUT2D eigenvalue weighted by molar-refractivity contribution is 7.12. The van der Waals surface area contributed by atoms with Gasteiger partial charge in [-0.1, -0.05) is 0 Å². The Hall–Kier alpha value is -1.56. The first-order valence-corrected chi connectivity index (χ1v) is 7.20. The number of hydrogen-bond acceptors (Lipinski definition) is 2. The maximum Gasteiger partial charge on any atom is 0.416 e. The summed E-state index contributed by atoms with van der Waals surface area (Å²) in [6, 6.07) is 4.34. The van der Waals surface area contributed by atoms with Crippen LogP contribution in [0.25, 0.3) is 0 Å². The zero-order valence-electron chi connectivity index (χ0n) is 11.8. The number of aryl methyl sites for hydroxylation is 2. The van der Waals surface area contributed by atoms with Crippen molar-refractivity contribution in [2.45, 2.75) is 33.0 Å². The molecule has 0 spiro atoms. The van der Waals surface area contributed by atoms with Gasteiger partial charge in [0.2, 0.25) is 0 Å². The number of benzene rings is 1. The first kappa shape index (κ1) is 15.8. The zero-order chi connectivity index (χ0) is 15.8. The molecule has 0 saturated carbocycles. The second kappa shape index (κ2) is 5.67. The van der Waals surface area contributed by atoms with Gasteiger partial charge < -0.3 is 5.32 Å². The molecule has 0 bridgehead atoms. The Balaban J connectivity index is 2.22. The Morgan fingerprint density at radius 1 is 1.14 bits per heavy atom. The lowest BCUT2D eigenvalue weighted by atomic mass is 10.1. The van der Waals surface area contributed by atoms with E-state index in [1.165, 1.54) is 0 Å². The second-order valence-electron chi connectivity index (χ2n) is 4.93. The average molecular weight is 317 g/mol. The fourth-order valence-electron chi connectivity index (χ4n) is 2.20. The monoisotopic (exact) mass is 317 g/mol. The molecule has 0 radical (unpaired) electrons. The molecule has 1 atom stereocenters. The van der Waals surface area contributed by atoms with Crippen LogP contribution in [0.5, 0.6) is 0 Å². The third-order valence-electron chi connectivity index (χ3n) is 3.21. The molecule has 114 valence electrons. The van der Waals surface area contributed by atoms with Gasteiger partial charge in [-0.25, -0.2) is 4.39 Å². The van der Waals surface area contributed by atoms with Crippen LogP contribution in [-0.4, -0.2) is 0 Å². The third-order valence-corrected chi connectivity index (χ3v) is 4.20. The summed E-state index contributed by atoms with van der Waals surface area (Å²) >= 11 is 1.64. The van der Waals surface area contributed by atoms with E-state index in [2.05, 4.69) is 5.32 Å². The molecule has 1 heterocycles. The van der Waals surface area contributed by atoms with Crippen LogP contribution in [-0.2, 0) is 6.18 Å². The summed E-state index contributed by atoms with van der Waals surface area (Å²) in [7, 11) is 0. The van der Waals surface area contributed by atoms with Crippen LogP contribution in [0.4, 0.5) is 23.2 Å². The molecule has 6 heteroatoms. The molecule has 0 aliphatic carbocycles. The number of thiophene rings is 1. The van der Waals surface area contributed by atoms with E-state index in [1.54, 1.807) is 11.3 Å². The number of hydrogen-bond donors (Lipinski definition) is 1. The molecule has 0 aliphatic rings. The molecule has 0 saturated heterocycles. The van der Waals surface area contributed by atoms with Crippen molar-refractivity contribution in [3.05, 3.63) is 51.0 Å². The third kappa shape index (κ3) is 3.56. The minimum atomic E-state index is -4.54. The summed E-state index contributed by atoms with van der Waals surface area (Å²) in [5.41, 5.74) is 0.108. The van der Waals surface area contributed by atoms with Gasteiger partial charge in [0.05, 0.1) is 11.3 Å². The van der Waals surface area contributed by atoms with Crippen molar-refractivity contribution in [1.82, 2.24) is 0 Å². The minimum absolute atomic E-state index is 0.0683. The summed E-state index contributed by atoms with van der Waals surface area (Å²) in [6.45, 7) is 5.80. The lowest BCUT2D eigenvalue weighted by Crippen LogP contribution is -2.10. The van der Waals surface area contributed by atoms with Crippen LogP contribution in [0, 0.1) is 19.7 Å². The van der Waals surface area contributed by atoms with Crippen LogP contribution < -0.4 is 5.32 Å². The van der Waals surface area contributed by atoms with Crippen molar-refractivity contribution < 1.29 is 17.6 Å². The van der Waals surface area contributed by atoms with Gasteiger partial charge in [-0.3, -0.25) is 0 Å². The quantitative estimate of drug-likeness (QED) is 0.716. The fourth-order valence-corrected chi connectivity index (χ4v) is 3.22. The van der Waals surface area contributed by atoms with Gasteiger partial charge in [0.1, 0.15) is 5.82 Å². The van der Waals surface area contributed by atoms with Crippen LogP contribution in [0.1, 0.15) is 33.8 Å². The Morgan fingerprint density at radius 2 is 1.81 bits per heavy atom. The smallest absolute Gasteiger partial charge is 0.376 e. The van der Waals surface area contributed by atoms with Gasteiger partial charge in [-0.2, -0.15) is 13.2 Å². The summed E-state index contributed by atoms with van der Waals surface area (Å²) in [5, 5.41) is 2.92. The highest BCUT2D eigenvalue weighted by atomic mass is 32.1. The maximum absolute atomic E-state index is 13.8. The SMILES string of the molecule is Cc1cc(C(C)Nc2ccc(C(F)(F)F)cc2F)c(C)s1. The molecule has 1 nitrogen and oxygen atoms in total. The predicted molar refractivity (Wildman–Crippen MR) is 77.2 cm³/mol. The lowest BCUT2D eigenvalue weighted by molar-refractivity contribution is -0.137. The summed E-state index contributed by atoms with van der Waals surface area (Å²) < 4.78 is 51.3. The highest BCUT2D eigenvalue weighted by Crippen LogP contribution is 2.33. The van der Waals surface area contributed by atoms with Crippen molar-refractivity contribution in [2.75, 3.05) is 5.32 Å². The average Bonchev–Trinajstić information content (AvgIpc) is 2.69. The second-order valence-corrected chi connectivity index (χ2v) is 6.39. The van der Waals surface area contributed by atoms with Gasteiger partial charge in [-0.15, -0.1) is 11.3 Å². The van der Waals surface area contributed by atoms with E-state index in [0.717, 1.165) is 27.5 Å². The van der Waals surface area contributed by atoms with E-state index < -0.39 is 17.6 Å². The predicted octanol–water partition coefficient (Wildman–Crippen LogP) is 5.70. The summed E-state index contributed by atoms with van der Waals surface area (Å²) in [4.78, 5) is 2.25. The van der Waals surface area contributed by atoms with E-state index >= 15 is 0 Å². The largest absolute Gasteiger partial charge is 0.416 e. The molecule has 0 aliphatic heterocycles. The van der Waals surface area contributed by atoms with Crippen molar-refractivity contribution >= 4 is 17.0 Å².